The number of carbonyl (C=O) groups excluding carboxylic acids is 5. The van der Waals surface area contributed by atoms with Gasteiger partial charge in [0.2, 0.25) is 11.8 Å². The first-order valence-electron chi connectivity index (χ1n) is 18.8. The molecule has 5 N–H and O–H groups in total. The number of urea groups is 1. The number of rotatable bonds is 19. The highest BCUT2D eigenvalue weighted by molar-refractivity contribution is 5.90. The highest BCUT2D eigenvalue weighted by atomic mass is 16.6. The van der Waals surface area contributed by atoms with Gasteiger partial charge in [-0.1, -0.05) is 102 Å². The van der Waals surface area contributed by atoms with Crippen LogP contribution >= 0.6 is 0 Å². The average molecular weight is 754 g/mol. The number of aliphatic hydroxyl groups is 1. The zero-order valence-electron chi connectivity index (χ0n) is 33.7. The summed E-state index contributed by atoms with van der Waals surface area (Å²) in [6, 6.07) is 14.1. The van der Waals surface area contributed by atoms with Crippen LogP contribution in [0.1, 0.15) is 86.3 Å². The molecule has 0 aliphatic heterocycles. The van der Waals surface area contributed by atoms with Crippen LogP contribution in [0.3, 0.4) is 0 Å². The van der Waals surface area contributed by atoms with Gasteiger partial charge in [-0.2, -0.15) is 0 Å². The van der Waals surface area contributed by atoms with Crippen LogP contribution in [-0.4, -0.2) is 89.4 Å². The molecule has 0 aliphatic rings. The van der Waals surface area contributed by atoms with Gasteiger partial charge in [0.25, 0.3) is 0 Å². The topological polar surface area (TPSA) is 175 Å². The van der Waals surface area contributed by atoms with Crippen LogP contribution in [0.4, 0.5) is 9.59 Å². The molecule has 5 atom stereocenters. The Balaban J connectivity index is 2.45. The second-order valence-electron chi connectivity index (χ2n) is 16.0. The second-order valence-corrected chi connectivity index (χ2v) is 16.0. The highest BCUT2D eigenvalue weighted by Gasteiger charge is 2.34. The summed E-state index contributed by atoms with van der Waals surface area (Å²) in [6.07, 6.45) is -1.21. The van der Waals surface area contributed by atoms with Crippen molar-refractivity contribution in [3.63, 3.8) is 0 Å². The van der Waals surface area contributed by atoms with Gasteiger partial charge in [0, 0.05) is 6.54 Å². The summed E-state index contributed by atoms with van der Waals surface area (Å²) in [6.45, 7) is 16.3. The predicted octanol–water partition coefficient (Wildman–Crippen LogP) is 4.95. The summed E-state index contributed by atoms with van der Waals surface area (Å²) in [5.41, 5.74) is 0.835. The van der Waals surface area contributed by atoms with E-state index in [1.807, 2.05) is 88.4 Å². The summed E-state index contributed by atoms with van der Waals surface area (Å²) in [5.74, 6) is -1.86. The first-order valence-corrected chi connectivity index (χ1v) is 18.8. The van der Waals surface area contributed by atoms with Gasteiger partial charge < -0.3 is 40.7 Å². The van der Waals surface area contributed by atoms with E-state index in [0.717, 1.165) is 11.1 Å². The Morgan fingerprint density at radius 3 is 1.70 bits per heavy atom. The number of ether oxygens (including phenoxy) is 2. The lowest BCUT2D eigenvalue weighted by Crippen LogP contribution is -2.58. The molecule has 0 spiro atoms. The highest BCUT2D eigenvalue weighted by Crippen LogP contribution is 2.15. The Labute approximate surface area is 321 Å². The lowest BCUT2D eigenvalue weighted by Gasteiger charge is -2.33. The van der Waals surface area contributed by atoms with E-state index in [0.29, 0.717) is 6.42 Å². The summed E-state index contributed by atoms with van der Waals surface area (Å²) in [5, 5.41) is 23.1. The van der Waals surface area contributed by atoms with Crippen molar-refractivity contribution in [2.75, 3.05) is 13.7 Å². The van der Waals surface area contributed by atoms with Crippen molar-refractivity contribution in [1.82, 2.24) is 26.2 Å². The summed E-state index contributed by atoms with van der Waals surface area (Å²) in [4.78, 5) is 68.2. The van der Waals surface area contributed by atoms with Crippen molar-refractivity contribution >= 4 is 29.9 Å². The van der Waals surface area contributed by atoms with Crippen molar-refractivity contribution in [2.24, 2.45) is 17.8 Å². The van der Waals surface area contributed by atoms with Gasteiger partial charge >= 0.3 is 18.1 Å². The Morgan fingerprint density at radius 1 is 0.722 bits per heavy atom. The molecule has 2 aromatic rings. The van der Waals surface area contributed by atoms with Crippen LogP contribution in [0, 0.1) is 17.8 Å². The molecule has 0 saturated carbocycles. The van der Waals surface area contributed by atoms with Crippen molar-refractivity contribution in [1.29, 1.82) is 0 Å². The smallest absolute Gasteiger partial charge is 0.408 e. The van der Waals surface area contributed by atoms with E-state index >= 15 is 0 Å². The Kier molecular flexibility index (Phi) is 18.5. The van der Waals surface area contributed by atoms with Gasteiger partial charge in [-0.25, -0.2) is 14.4 Å². The van der Waals surface area contributed by atoms with E-state index in [4.69, 9.17) is 9.47 Å². The Hall–Kier alpha value is -4.65. The third-order valence-electron chi connectivity index (χ3n) is 8.46. The van der Waals surface area contributed by atoms with Crippen LogP contribution in [0.5, 0.6) is 0 Å². The minimum atomic E-state index is -1.29. The number of benzene rings is 2. The molecular formula is C41H63N5O8. The predicted molar refractivity (Wildman–Crippen MR) is 208 cm³/mol. The third kappa shape index (κ3) is 16.6. The van der Waals surface area contributed by atoms with Crippen molar-refractivity contribution < 1.29 is 38.6 Å². The molecule has 0 heterocycles. The SMILES string of the molecule is COC(=O)[C@H](NC(=O)[C@@H](CC(C)C)NC(=O)N(Cc1ccccc1)C[C@@H](O)[C@@H](Cc1ccccc1)NC(=O)[C@@H](CC(C)C)NC(=O)OC(C)(C)C)C(C)C. The van der Waals surface area contributed by atoms with E-state index in [-0.39, 0.29) is 43.7 Å². The van der Waals surface area contributed by atoms with Crippen molar-refractivity contribution in [3.8, 4) is 0 Å². The summed E-state index contributed by atoms with van der Waals surface area (Å²) in [7, 11) is 1.25. The van der Waals surface area contributed by atoms with E-state index in [1.165, 1.54) is 12.0 Å². The minimum absolute atomic E-state index is 0.00313. The van der Waals surface area contributed by atoms with E-state index in [2.05, 4.69) is 21.3 Å². The van der Waals surface area contributed by atoms with Gasteiger partial charge in [0.15, 0.2) is 0 Å². The normalized spacial score (nSPS) is 14.3. The number of hydrogen-bond donors (Lipinski definition) is 5. The Bertz CT molecular complexity index is 1480. The molecule has 0 bridgehead atoms. The molecule has 13 nitrogen and oxygen atoms in total. The fourth-order valence-electron chi connectivity index (χ4n) is 5.79. The van der Waals surface area contributed by atoms with Gasteiger partial charge in [-0.05, 0) is 68.9 Å². The van der Waals surface area contributed by atoms with E-state index in [1.54, 1.807) is 34.6 Å². The fourth-order valence-corrected chi connectivity index (χ4v) is 5.79. The lowest BCUT2D eigenvalue weighted by molar-refractivity contribution is -0.146. The van der Waals surface area contributed by atoms with Crippen LogP contribution in [-0.2, 0) is 36.8 Å². The maximum atomic E-state index is 14.1. The number of alkyl carbamates (subject to hydrolysis) is 1. The van der Waals surface area contributed by atoms with Crippen LogP contribution in [0.2, 0.25) is 0 Å². The van der Waals surface area contributed by atoms with Crippen LogP contribution < -0.4 is 21.3 Å². The first-order chi connectivity index (χ1) is 25.3. The number of esters is 1. The van der Waals surface area contributed by atoms with Crippen LogP contribution in [0.25, 0.3) is 0 Å². The van der Waals surface area contributed by atoms with E-state index in [9.17, 15) is 29.1 Å². The van der Waals surface area contributed by atoms with Gasteiger partial charge in [0.1, 0.15) is 23.7 Å². The third-order valence-corrected chi connectivity index (χ3v) is 8.46. The number of nitrogens with zero attached hydrogens (tertiary/aromatic N) is 1. The summed E-state index contributed by atoms with van der Waals surface area (Å²) < 4.78 is 10.3. The monoisotopic (exact) mass is 753 g/mol. The molecular weight excluding hydrogens is 690 g/mol. The number of nitrogens with one attached hydrogen (secondary N) is 4. The maximum Gasteiger partial charge on any atom is 0.408 e. The molecule has 2 rings (SSSR count). The number of hydrogen-bond acceptors (Lipinski definition) is 8. The van der Waals surface area contributed by atoms with Gasteiger partial charge in [0.05, 0.1) is 25.8 Å². The zero-order valence-corrected chi connectivity index (χ0v) is 33.7. The summed E-state index contributed by atoms with van der Waals surface area (Å²) >= 11 is 0. The number of methoxy groups -OCH3 is 1. The molecule has 5 amide bonds. The van der Waals surface area contributed by atoms with Crippen molar-refractivity contribution in [2.45, 2.75) is 124 Å². The standard InChI is InChI=1S/C41H63N5O8/c1-26(2)21-32(37(49)45-35(28(5)6)38(50)53-10)43-39(51)46(24-30-19-15-12-16-20-30)25-34(47)31(23-29-17-13-11-14-18-29)42-36(48)33(22-27(3)4)44-40(52)54-41(7,8)9/h11-20,26-28,31-35,47H,21-25H2,1-10H3,(H,42,48)(H,43,51)(H,44,52)(H,45,49)/t31-,32-,33-,34-,35-/m1/s1. The molecule has 13 heteroatoms. The molecule has 0 aromatic heterocycles. The molecule has 0 fully saturated rings. The zero-order chi connectivity index (χ0) is 40.6. The maximum absolute atomic E-state index is 14.1. The molecule has 300 valence electrons. The fraction of sp³-hybridized carbons (Fsp3) is 0.585. The van der Waals surface area contributed by atoms with Crippen LogP contribution in [0.15, 0.2) is 60.7 Å². The molecule has 0 saturated heterocycles. The number of amides is 5. The molecule has 0 radical (unpaired) electrons. The van der Waals surface area contributed by atoms with Gasteiger partial charge in [-0.3, -0.25) is 9.59 Å². The Morgan fingerprint density at radius 2 is 1.22 bits per heavy atom. The second kappa shape index (κ2) is 21.9. The largest absolute Gasteiger partial charge is 0.467 e. The van der Waals surface area contributed by atoms with Crippen molar-refractivity contribution in [3.05, 3.63) is 71.8 Å². The minimum Gasteiger partial charge on any atom is -0.467 e. The molecule has 2 aromatic carbocycles. The first kappa shape index (κ1) is 45.5. The van der Waals surface area contributed by atoms with E-state index < -0.39 is 65.8 Å². The molecule has 0 unspecified atom stereocenters. The quantitative estimate of drug-likeness (QED) is 0.125. The average Bonchev–Trinajstić information content (AvgIpc) is 3.08. The lowest BCUT2D eigenvalue weighted by atomic mass is 9.98. The number of carbonyl (C=O) groups is 5. The molecule has 0 aliphatic carbocycles. The van der Waals surface area contributed by atoms with Gasteiger partial charge in [-0.15, -0.1) is 0 Å². The molecule has 54 heavy (non-hydrogen) atoms. The number of aliphatic hydroxyl groups excluding tert-OH is 1.